The molecule has 1 nitrogen and oxygen atoms in total. The van der Waals surface area contributed by atoms with Crippen LogP contribution in [0.1, 0.15) is 42.7 Å². The Morgan fingerprint density at radius 2 is 1.82 bits per heavy atom. The van der Waals surface area contributed by atoms with Crippen LogP contribution in [0.15, 0.2) is 36.4 Å². The molecule has 0 amide bonds. The highest BCUT2D eigenvalue weighted by Gasteiger charge is 2.31. The lowest BCUT2D eigenvalue weighted by Gasteiger charge is -2.38. The highest BCUT2D eigenvalue weighted by molar-refractivity contribution is 5.27. The second-order valence-electron chi connectivity index (χ2n) is 5.59. The van der Waals surface area contributed by atoms with Crippen molar-refractivity contribution in [1.29, 1.82) is 0 Å². The van der Waals surface area contributed by atoms with E-state index in [0.29, 0.717) is 0 Å². The molecule has 2 aliphatic rings. The average Bonchev–Trinajstić information content (AvgIpc) is 2.75. The summed E-state index contributed by atoms with van der Waals surface area (Å²) in [5, 5.41) is 3.77. The Labute approximate surface area is 104 Å². The van der Waals surface area contributed by atoms with Crippen LogP contribution in [0.2, 0.25) is 0 Å². The normalized spacial score (nSPS) is 28.3. The summed E-state index contributed by atoms with van der Waals surface area (Å²) >= 11 is 0. The molecule has 0 spiro atoms. The lowest BCUT2D eigenvalue weighted by atomic mass is 9.75. The van der Waals surface area contributed by atoms with Gasteiger partial charge in [-0.05, 0) is 44.1 Å². The quantitative estimate of drug-likeness (QED) is 0.779. The van der Waals surface area contributed by atoms with Crippen molar-refractivity contribution in [3.05, 3.63) is 47.5 Å². The number of rotatable bonds is 3. The SMILES string of the molecule is Cc1cccc(C2CC(NC3CC=CC3)C2)c1. The number of hydrogen-bond donors (Lipinski definition) is 1. The molecular weight excluding hydrogens is 206 g/mol. The summed E-state index contributed by atoms with van der Waals surface area (Å²) in [5.74, 6) is 0.793. The molecule has 17 heavy (non-hydrogen) atoms. The van der Waals surface area contributed by atoms with Gasteiger partial charge >= 0.3 is 0 Å². The first-order chi connectivity index (χ1) is 8.31. The molecule has 1 saturated carbocycles. The molecule has 2 aliphatic carbocycles. The van der Waals surface area contributed by atoms with Gasteiger partial charge < -0.3 is 5.32 Å². The minimum absolute atomic E-state index is 0.721. The Bertz CT molecular complexity index is 407. The fourth-order valence-corrected chi connectivity index (χ4v) is 3.04. The Hall–Kier alpha value is -1.08. The van der Waals surface area contributed by atoms with Crippen molar-refractivity contribution >= 4 is 0 Å². The van der Waals surface area contributed by atoms with Crippen LogP contribution in [-0.2, 0) is 0 Å². The predicted octanol–water partition coefficient (Wildman–Crippen LogP) is 3.55. The largest absolute Gasteiger partial charge is 0.311 e. The Kier molecular flexibility index (Phi) is 3.02. The molecular formula is C16H21N. The average molecular weight is 227 g/mol. The Morgan fingerprint density at radius 3 is 2.53 bits per heavy atom. The van der Waals surface area contributed by atoms with Gasteiger partial charge in [-0.1, -0.05) is 42.0 Å². The van der Waals surface area contributed by atoms with Crippen molar-refractivity contribution in [2.75, 3.05) is 0 Å². The summed E-state index contributed by atoms with van der Waals surface area (Å²) in [6.45, 7) is 2.18. The number of benzene rings is 1. The molecule has 1 heteroatoms. The van der Waals surface area contributed by atoms with Crippen LogP contribution in [0, 0.1) is 6.92 Å². The molecule has 0 unspecified atom stereocenters. The van der Waals surface area contributed by atoms with Gasteiger partial charge in [0.2, 0.25) is 0 Å². The van der Waals surface area contributed by atoms with Gasteiger partial charge in [0.25, 0.3) is 0 Å². The molecule has 0 radical (unpaired) electrons. The van der Waals surface area contributed by atoms with Crippen LogP contribution in [-0.4, -0.2) is 12.1 Å². The van der Waals surface area contributed by atoms with Crippen molar-refractivity contribution in [2.45, 2.75) is 50.6 Å². The fraction of sp³-hybridized carbons (Fsp3) is 0.500. The summed E-state index contributed by atoms with van der Waals surface area (Å²) in [6, 6.07) is 10.5. The van der Waals surface area contributed by atoms with Crippen molar-refractivity contribution in [3.63, 3.8) is 0 Å². The second kappa shape index (κ2) is 4.66. The van der Waals surface area contributed by atoms with Crippen molar-refractivity contribution in [1.82, 2.24) is 5.32 Å². The van der Waals surface area contributed by atoms with Crippen LogP contribution < -0.4 is 5.32 Å². The van der Waals surface area contributed by atoms with E-state index >= 15 is 0 Å². The minimum atomic E-state index is 0.721. The molecule has 1 aromatic carbocycles. The summed E-state index contributed by atoms with van der Waals surface area (Å²) in [6.07, 6.45) is 9.69. The highest BCUT2D eigenvalue weighted by Crippen LogP contribution is 2.37. The molecule has 0 aliphatic heterocycles. The zero-order chi connectivity index (χ0) is 11.7. The molecule has 0 aromatic heterocycles. The molecule has 1 N–H and O–H groups in total. The minimum Gasteiger partial charge on any atom is -0.311 e. The first kappa shape index (κ1) is 11.0. The summed E-state index contributed by atoms with van der Waals surface area (Å²) < 4.78 is 0. The van der Waals surface area contributed by atoms with E-state index < -0.39 is 0 Å². The summed E-state index contributed by atoms with van der Waals surface area (Å²) in [7, 11) is 0. The molecule has 0 atom stereocenters. The standard InChI is InChI=1S/C16H21N/c1-12-5-4-6-13(9-12)14-10-16(11-14)17-15-7-2-3-8-15/h2-6,9,14-17H,7-8,10-11H2,1H3. The van der Waals surface area contributed by atoms with Gasteiger partial charge in [0.1, 0.15) is 0 Å². The fourth-order valence-electron chi connectivity index (χ4n) is 3.04. The van der Waals surface area contributed by atoms with Gasteiger partial charge in [0.15, 0.2) is 0 Å². The van der Waals surface area contributed by atoms with Gasteiger partial charge in [-0.2, -0.15) is 0 Å². The van der Waals surface area contributed by atoms with E-state index in [1.165, 1.54) is 36.8 Å². The molecule has 1 fully saturated rings. The van der Waals surface area contributed by atoms with Crippen LogP contribution in [0.25, 0.3) is 0 Å². The van der Waals surface area contributed by atoms with E-state index in [0.717, 1.165) is 18.0 Å². The molecule has 3 rings (SSSR count). The Morgan fingerprint density at radius 1 is 1.06 bits per heavy atom. The van der Waals surface area contributed by atoms with Gasteiger partial charge in [-0.25, -0.2) is 0 Å². The van der Waals surface area contributed by atoms with Crippen molar-refractivity contribution in [3.8, 4) is 0 Å². The molecule has 0 saturated heterocycles. The van der Waals surface area contributed by atoms with E-state index in [9.17, 15) is 0 Å². The van der Waals surface area contributed by atoms with E-state index in [-0.39, 0.29) is 0 Å². The van der Waals surface area contributed by atoms with E-state index in [4.69, 9.17) is 0 Å². The first-order valence-electron chi connectivity index (χ1n) is 6.79. The third-order valence-corrected chi connectivity index (χ3v) is 4.13. The summed E-state index contributed by atoms with van der Waals surface area (Å²) in [4.78, 5) is 0. The Balaban J connectivity index is 1.51. The molecule has 0 heterocycles. The van der Waals surface area contributed by atoms with E-state index in [1.807, 2.05) is 0 Å². The van der Waals surface area contributed by atoms with E-state index in [1.54, 1.807) is 0 Å². The van der Waals surface area contributed by atoms with Gasteiger partial charge in [-0.15, -0.1) is 0 Å². The zero-order valence-electron chi connectivity index (χ0n) is 10.5. The van der Waals surface area contributed by atoms with E-state index in [2.05, 4.69) is 48.7 Å². The highest BCUT2D eigenvalue weighted by atomic mass is 15.0. The second-order valence-corrected chi connectivity index (χ2v) is 5.59. The molecule has 0 bridgehead atoms. The maximum absolute atomic E-state index is 3.77. The van der Waals surface area contributed by atoms with Crippen LogP contribution in [0.5, 0.6) is 0 Å². The van der Waals surface area contributed by atoms with Gasteiger partial charge in [0, 0.05) is 12.1 Å². The third-order valence-electron chi connectivity index (χ3n) is 4.13. The summed E-state index contributed by atoms with van der Waals surface area (Å²) in [5.41, 5.74) is 2.92. The third kappa shape index (κ3) is 2.44. The monoisotopic (exact) mass is 227 g/mol. The van der Waals surface area contributed by atoms with Gasteiger partial charge in [0.05, 0.1) is 0 Å². The maximum Gasteiger partial charge on any atom is 0.0139 e. The van der Waals surface area contributed by atoms with Crippen LogP contribution in [0.4, 0.5) is 0 Å². The lowest BCUT2D eigenvalue weighted by molar-refractivity contribution is 0.267. The van der Waals surface area contributed by atoms with Gasteiger partial charge in [-0.3, -0.25) is 0 Å². The predicted molar refractivity (Wildman–Crippen MR) is 72.2 cm³/mol. The molecule has 90 valence electrons. The smallest absolute Gasteiger partial charge is 0.0139 e. The van der Waals surface area contributed by atoms with Crippen LogP contribution in [0.3, 0.4) is 0 Å². The van der Waals surface area contributed by atoms with Crippen molar-refractivity contribution in [2.24, 2.45) is 0 Å². The first-order valence-corrected chi connectivity index (χ1v) is 6.79. The van der Waals surface area contributed by atoms with Crippen molar-refractivity contribution < 1.29 is 0 Å². The maximum atomic E-state index is 3.77. The number of hydrogen-bond acceptors (Lipinski definition) is 1. The van der Waals surface area contributed by atoms with Crippen LogP contribution >= 0.6 is 0 Å². The topological polar surface area (TPSA) is 12.0 Å². The zero-order valence-corrected chi connectivity index (χ0v) is 10.5. The number of aryl methyl sites for hydroxylation is 1. The molecule has 1 aromatic rings. The lowest BCUT2D eigenvalue weighted by Crippen LogP contribution is -2.44. The number of nitrogens with one attached hydrogen (secondary N) is 1.